The number of benzene rings is 1. The fraction of sp³-hybridized carbons (Fsp3) is 0.353. The van der Waals surface area contributed by atoms with E-state index in [0.717, 1.165) is 5.69 Å². The summed E-state index contributed by atoms with van der Waals surface area (Å²) in [6.07, 6.45) is 4.69. The number of pyridine rings is 1. The van der Waals surface area contributed by atoms with Crippen molar-refractivity contribution in [3.8, 4) is 0 Å². The van der Waals surface area contributed by atoms with Gasteiger partial charge < -0.3 is 9.88 Å². The Morgan fingerprint density at radius 2 is 2.15 bits per heavy atom. The molecule has 1 unspecified atom stereocenters. The molecule has 2 aromatic heterocycles. The van der Waals surface area contributed by atoms with Gasteiger partial charge in [-0.15, -0.1) is 0 Å². The molecule has 20 heavy (non-hydrogen) atoms. The number of quaternary nitrogens is 1. The molecular weight excluding hydrogens is 246 g/mol. The van der Waals surface area contributed by atoms with Gasteiger partial charge in [0.05, 0.1) is 24.8 Å². The van der Waals surface area contributed by atoms with Gasteiger partial charge in [0.2, 0.25) is 0 Å². The molecule has 0 bridgehead atoms. The highest BCUT2D eigenvalue weighted by molar-refractivity contribution is 6.09. The average Bonchev–Trinajstić information content (AvgIpc) is 3.04. The molecule has 1 aliphatic heterocycles. The van der Waals surface area contributed by atoms with Gasteiger partial charge >= 0.3 is 0 Å². The third-order valence-electron chi connectivity index (χ3n) is 4.79. The Balaban J connectivity index is 2.08. The number of aryl methyl sites for hydroxylation is 1. The summed E-state index contributed by atoms with van der Waals surface area (Å²) in [5.41, 5.74) is 4.94. The number of nitrogens with zero attached hydrogens (tertiary/aromatic N) is 1. The van der Waals surface area contributed by atoms with Crippen molar-refractivity contribution in [3.05, 3.63) is 41.7 Å². The quantitative estimate of drug-likeness (QED) is 0.696. The number of hydrogen-bond acceptors (Lipinski definition) is 1. The van der Waals surface area contributed by atoms with Crippen LogP contribution in [0.25, 0.3) is 21.8 Å². The van der Waals surface area contributed by atoms with E-state index in [2.05, 4.69) is 54.4 Å². The zero-order valence-corrected chi connectivity index (χ0v) is 12.0. The molecule has 3 heterocycles. The van der Waals surface area contributed by atoms with Gasteiger partial charge in [-0.1, -0.05) is 18.2 Å². The van der Waals surface area contributed by atoms with E-state index >= 15 is 0 Å². The Bertz CT molecular complexity index is 787. The van der Waals surface area contributed by atoms with Gasteiger partial charge in [-0.3, -0.25) is 4.98 Å². The van der Waals surface area contributed by atoms with E-state index in [1.807, 2.05) is 0 Å². The van der Waals surface area contributed by atoms with Gasteiger partial charge in [0.1, 0.15) is 6.04 Å². The monoisotopic (exact) mass is 266 g/mol. The van der Waals surface area contributed by atoms with Crippen LogP contribution in [0.4, 0.5) is 0 Å². The molecule has 2 atom stereocenters. The largest absolute Gasteiger partial charge is 0.353 e. The van der Waals surface area contributed by atoms with Crippen molar-refractivity contribution in [1.82, 2.24) is 9.97 Å². The highest BCUT2D eigenvalue weighted by atomic mass is 15.1. The summed E-state index contributed by atoms with van der Waals surface area (Å²) in [6, 6.07) is 9.18. The Labute approximate surface area is 118 Å². The number of H-pyrrole nitrogens is 1. The van der Waals surface area contributed by atoms with Crippen molar-refractivity contribution in [1.29, 1.82) is 0 Å². The van der Waals surface area contributed by atoms with Crippen molar-refractivity contribution < 1.29 is 4.90 Å². The molecule has 0 spiro atoms. The molecule has 1 saturated heterocycles. The Kier molecular flexibility index (Phi) is 2.57. The standard InChI is InChI=1S/C17H19N3/c1-11-17-16(12-6-3-4-7-14(12)19-17)13(10-18-11)15-8-5-9-20(15)2/h3-4,6-7,10,15,19H,5,8-9H2,1-2H3/p+1/t15-/m1/s1. The van der Waals surface area contributed by atoms with E-state index in [9.17, 15) is 0 Å². The first kappa shape index (κ1) is 11.9. The lowest BCUT2D eigenvalue weighted by molar-refractivity contribution is -0.898. The van der Waals surface area contributed by atoms with E-state index in [-0.39, 0.29) is 0 Å². The van der Waals surface area contributed by atoms with Crippen LogP contribution in [0.1, 0.15) is 30.1 Å². The lowest BCUT2D eigenvalue weighted by Crippen LogP contribution is -3.07. The average molecular weight is 266 g/mol. The minimum absolute atomic E-state index is 0.588. The van der Waals surface area contributed by atoms with Crippen LogP contribution in [-0.4, -0.2) is 23.6 Å². The fourth-order valence-electron chi connectivity index (χ4n) is 3.70. The van der Waals surface area contributed by atoms with Gasteiger partial charge in [0.25, 0.3) is 0 Å². The summed E-state index contributed by atoms with van der Waals surface area (Å²) in [5.74, 6) is 0. The first-order valence-electron chi connectivity index (χ1n) is 7.44. The third-order valence-corrected chi connectivity index (χ3v) is 4.79. The Morgan fingerprint density at radius 3 is 2.95 bits per heavy atom. The molecule has 1 aliphatic rings. The van der Waals surface area contributed by atoms with Crippen molar-refractivity contribution in [2.24, 2.45) is 0 Å². The van der Waals surface area contributed by atoms with Crippen LogP contribution >= 0.6 is 0 Å². The smallest absolute Gasteiger partial charge is 0.115 e. The van der Waals surface area contributed by atoms with Gasteiger partial charge in [0.15, 0.2) is 0 Å². The lowest BCUT2D eigenvalue weighted by Gasteiger charge is -2.18. The zero-order valence-electron chi connectivity index (χ0n) is 12.0. The molecule has 0 saturated carbocycles. The highest BCUT2D eigenvalue weighted by Gasteiger charge is 2.29. The van der Waals surface area contributed by atoms with Crippen LogP contribution in [-0.2, 0) is 0 Å². The maximum Gasteiger partial charge on any atom is 0.115 e. The second-order valence-electron chi connectivity index (χ2n) is 6.01. The molecule has 4 rings (SSSR count). The zero-order chi connectivity index (χ0) is 13.7. The first-order valence-corrected chi connectivity index (χ1v) is 7.44. The van der Waals surface area contributed by atoms with E-state index in [1.165, 1.54) is 46.8 Å². The Hall–Kier alpha value is -1.87. The minimum Gasteiger partial charge on any atom is -0.353 e. The van der Waals surface area contributed by atoms with E-state index in [1.54, 1.807) is 4.90 Å². The number of para-hydroxylation sites is 1. The normalized spacial score (nSPS) is 22.9. The minimum atomic E-state index is 0.588. The first-order chi connectivity index (χ1) is 9.75. The van der Waals surface area contributed by atoms with Crippen molar-refractivity contribution in [3.63, 3.8) is 0 Å². The number of hydrogen-bond donors (Lipinski definition) is 2. The molecular formula is C17H20N3+. The molecule has 3 aromatic rings. The fourth-order valence-corrected chi connectivity index (χ4v) is 3.70. The maximum absolute atomic E-state index is 4.64. The molecule has 1 aromatic carbocycles. The van der Waals surface area contributed by atoms with Crippen LogP contribution in [0.3, 0.4) is 0 Å². The summed E-state index contributed by atoms with van der Waals surface area (Å²) >= 11 is 0. The topological polar surface area (TPSA) is 33.1 Å². The molecule has 3 heteroatoms. The number of rotatable bonds is 1. The number of aromatic nitrogens is 2. The molecule has 1 fully saturated rings. The summed E-state index contributed by atoms with van der Waals surface area (Å²) in [6.45, 7) is 3.36. The van der Waals surface area contributed by atoms with Gasteiger partial charge in [0, 0.05) is 40.9 Å². The third kappa shape index (κ3) is 1.59. The predicted octanol–water partition coefficient (Wildman–Crippen LogP) is 2.37. The van der Waals surface area contributed by atoms with Gasteiger partial charge in [-0.25, -0.2) is 0 Å². The summed E-state index contributed by atoms with van der Waals surface area (Å²) in [5, 5.41) is 2.72. The summed E-state index contributed by atoms with van der Waals surface area (Å²) in [7, 11) is 2.30. The molecule has 0 amide bonds. The molecule has 0 aliphatic carbocycles. The molecule has 0 radical (unpaired) electrons. The van der Waals surface area contributed by atoms with Crippen LogP contribution in [0.5, 0.6) is 0 Å². The van der Waals surface area contributed by atoms with Crippen LogP contribution in [0, 0.1) is 6.92 Å². The second kappa shape index (κ2) is 4.32. The molecule has 102 valence electrons. The Morgan fingerprint density at radius 1 is 1.30 bits per heavy atom. The maximum atomic E-state index is 4.64. The SMILES string of the molecule is Cc1ncc([C@H]2CCC[NH+]2C)c2c1[nH]c1ccccc12. The van der Waals surface area contributed by atoms with Crippen molar-refractivity contribution in [2.75, 3.05) is 13.6 Å². The number of fused-ring (bicyclic) bond motifs is 3. The predicted molar refractivity (Wildman–Crippen MR) is 82.1 cm³/mol. The van der Waals surface area contributed by atoms with E-state index in [0.29, 0.717) is 6.04 Å². The molecule has 2 N–H and O–H groups in total. The van der Waals surface area contributed by atoms with E-state index in [4.69, 9.17) is 0 Å². The van der Waals surface area contributed by atoms with Crippen LogP contribution in [0.15, 0.2) is 30.5 Å². The van der Waals surface area contributed by atoms with Crippen molar-refractivity contribution in [2.45, 2.75) is 25.8 Å². The number of likely N-dealkylation sites (tertiary alicyclic amines) is 1. The van der Waals surface area contributed by atoms with Gasteiger partial charge in [-0.2, -0.15) is 0 Å². The molecule has 3 nitrogen and oxygen atoms in total. The lowest BCUT2D eigenvalue weighted by atomic mass is 10.00. The second-order valence-corrected chi connectivity index (χ2v) is 6.01. The van der Waals surface area contributed by atoms with E-state index < -0.39 is 0 Å². The van der Waals surface area contributed by atoms with Crippen LogP contribution < -0.4 is 4.90 Å². The summed E-state index contributed by atoms with van der Waals surface area (Å²) in [4.78, 5) is 9.80. The highest BCUT2D eigenvalue weighted by Crippen LogP contribution is 2.33. The number of nitrogens with one attached hydrogen (secondary N) is 2. The number of aromatic amines is 1. The van der Waals surface area contributed by atoms with Gasteiger partial charge in [-0.05, 0) is 13.0 Å². The summed E-state index contributed by atoms with van der Waals surface area (Å²) < 4.78 is 0. The van der Waals surface area contributed by atoms with Crippen molar-refractivity contribution >= 4 is 21.8 Å². The van der Waals surface area contributed by atoms with Crippen LogP contribution in [0.2, 0.25) is 0 Å².